The van der Waals surface area contributed by atoms with Crippen LogP contribution in [0.25, 0.3) is 0 Å². The van der Waals surface area contributed by atoms with E-state index in [1.807, 2.05) is 12.1 Å². The molecule has 2 fully saturated rings. The molecule has 5 rings (SSSR count). The predicted octanol–water partition coefficient (Wildman–Crippen LogP) is 2.97. The summed E-state index contributed by atoms with van der Waals surface area (Å²) in [6, 6.07) is 5.57. The lowest BCUT2D eigenvalue weighted by Gasteiger charge is -2.34. The zero-order valence-corrected chi connectivity index (χ0v) is 20.5. The standard InChI is InChI=1S/C23H31N5O3S2/c29-21(16-32-23-24-22(25-26-23)18-6-2-3-7-18)27-11-13-28(14-12-27)33(30,31)20-10-9-17-5-1-4-8-19(17)15-20/h9-10,15,18H,1-8,11-14,16H2,(H,24,25,26). The van der Waals surface area contributed by atoms with E-state index in [0.29, 0.717) is 42.1 Å². The van der Waals surface area contributed by atoms with E-state index in [4.69, 9.17) is 0 Å². The lowest BCUT2D eigenvalue weighted by atomic mass is 9.92. The van der Waals surface area contributed by atoms with Crippen LogP contribution in [-0.4, -0.2) is 70.6 Å². The quantitative estimate of drug-likeness (QED) is 0.627. The summed E-state index contributed by atoms with van der Waals surface area (Å²) < 4.78 is 27.9. The number of hydrogen-bond donors (Lipinski definition) is 1. The van der Waals surface area contributed by atoms with Crippen molar-refractivity contribution in [3.8, 4) is 0 Å². The molecule has 1 aromatic heterocycles. The third-order valence-electron chi connectivity index (χ3n) is 7.10. The van der Waals surface area contributed by atoms with Gasteiger partial charge in [-0.3, -0.25) is 9.89 Å². The van der Waals surface area contributed by atoms with Crippen molar-refractivity contribution in [2.45, 2.75) is 67.3 Å². The highest BCUT2D eigenvalue weighted by Crippen LogP contribution is 2.32. The molecule has 1 amide bonds. The second-order valence-corrected chi connectivity index (χ2v) is 12.1. The zero-order valence-electron chi connectivity index (χ0n) is 18.8. The number of fused-ring (bicyclic) bond motifs is 1. The van der Waals surface area contributed by atoms with Gasteiger partial charge in [0.2, 0.25) is 21.1 Å². The number of carbonyl (C=O) groups is 1. The van der Waals surface area contributed by atoms with E-state index in [1.165, 1.54) is 40.9 Å². The van der Waals surface area contributed by atoms with Gasteiger partial charge in [-0.05, 0) is 61.8 Å². The molecule has 0 radical (unpaired) electrons. The van der Waals surface area contributed by atoms with E-state index in [-0.39, 0.29) is 11.7 Å². The molecule has 2 aromatic rings. The summed E-state index contributed by atoms with van der Waals surface area (Å²) in [6.07, 6.45) is 9.04. The van der Waals surface area contributed by atoms with Crippen LogP contribution >= 0.6 is 11.8 Å². The highest BCUT2D eigenvalue weighted by Gasteiger charge is 2.31. The second-order valence-electron chi connectivity index (χ2n) is 9.20. The van der Waals surface area contributed by atoms with Crippen molar-refractivity contribution in [2.75, 3.05) is 31.9 Å². The fourth-order valence-electron chi connectivity index (χ4n) is 5.12. The van der Waals surface area contributed by atoms with Crippen LogP contribution in [0.1, 0.15) is 61.4 Å². The molecule has 178 valence electrons. The summed E-state index contributed by atoms with van der Waals surface area (Å²) in [4.78, 5) is 19.4. The molecule has 1 N–H and O–H groups in total. The molecule has 0 bridgehead atoms. The van der Waals surface area contributed by atoms with Crippen molar-refractivity contribution < 1.29 is 13.2 Å². The van der Waals surface area contributed by atoms with E-state index in [0.717, 1.165) is 43.5 Å². The molecular formula is C23H31N5O3S2. The first-order chi connectivity index (χ1) is 16.0. The summed E-state index contributed by atoms with van der Waals surface area (Å²) in [5, 5.41) is 7.89. The van der Waals surface area contributed by atoms with E-state index in [2.05, 4.69) is 15.2 Å². The highest BCUT2D eigenvalue weighted by molar-refractivity contribution is 7.99. The number of sulfonamides is 1. The number of rotatable bonds is 6. The summed E-state index contributed by atoms with van der Waals surface area (Å²) in [7, 11) is -3.54. The number of nitrogens with one attached hydrogen (secondary N) is 1. The van der Waals surface area contributed by atoms with Crippen LogP contribution in [0.3, 0.4) is 0 Å². The fraction of sp³-hybridized carbons (Fsp3) is 0.609. The maximum atomic E-state index is 13.2. The molecule has 1 saturated heterocycles. The van der Waals surface area contributed by atoms with Crippen LogP contribution in [0, 0.1) is 0 Å². The topological polar surface area (TPSA) is 99.3 Å². The van der Waals surface area contributed by atoms with Crippen LogP contribution in [0.2, 0.25) is 0 Å². The number of nitrogens with zero attached hydrogens (tertiary/aromatic N) is 4. The van der Waals surface area contributed by atoms with Crippen LogP contribution in [0.4, 0.5) is 0 Å². The van der Waals surface area contributed by atoms with Gasteiger partial charge < -0.3 is 4.90 Å². The van der Waals surface area contributed by atoms with Crippen LogP contribution < -0.4 is 0 Å². The molecule has 0 unspecified atom stereocenters. The monoisotopic (exact) mass is 489 g/mol. The average Bonchev–Trinajstić information content (AvgIpc) is 3.54. The van der Waals surface area contributed by atoms with Gasteiger partial charge in [-0.25, -0.2) is 13.4 Å². The van der Waals surface area contributed by atoms with Gasteiger partial charge in [0.15, 0.2) is 0 Å². The van der Waals surface area contributed by atoms with E-state index >= 15 is 0 Å². The van der Waals surface area contributed by atoms with Crippen molar-refractivity contribution in [2.24, 2.45) is 0 Å². The number of carbonyl (C=O) groups excluding carboxylic acids is 1. The number of benzene rings is 1. The predicted molar refractivity (Wildman–Crippen MR) is 127 cm³/mol. The third-order valence-corrected chi connectivity index (χ3v) is 9.82. The van der Waals surface area contributed by atoms with Gasteiger partial charge in [0.1, 0.15) is 5.82 Å². The lowest BCUT2D eigenvalue weighted by Crippen LogP contribution is -2.51. The fourth-order valence-corrected chi connectivity index (χ4v) is 7.30. The van der Waals surface area contributed by atoms with Gasteiger partial charge in [-0.1, -0.05) is 30.7 Å². The minimum atomic E-state index is -3.54. The molecule has 1 aliphatic heterocycles. The number of aryl methyl sites for hydroxylation is 2. The Kier molecular flexibility index (Phi) is 6.76. The molecule has 3 aliphatic rings. The van der Waals surface area contributed by atoms with Gasteiger partial charge in [0.25, 0.3) is 0 Å². The molecule has 1 aromatic carbocycles. The van der Waals surface area contributed by atoms with Crippen LogP contribution in [0.15, 0.2) is 28.3 Å². The highest BCUT2D eigenvalue weighted by atomic mass is 32.2. The Balaban J connectivity index is 1.14. The average molecular weight is 490 g/mol. The van der Waals surface area contributed by atoms with Crippen LogP contribution in [0.5, 0.6) is 0 Å². The maximum Gasteiger partial charge on any atom is 0.243 e. The summed E-state index contributed by atoms with van der Waals surface area (Å²) >= 11 is 1.34. The number of amides is 1. The lowest BCUT2D eigenvalue weighted by molar-refractivity contribution is -0.129. The Morgan fingerprint density at radius 3 is 2.52 bits per heavy atom. The Morgan fingerprint density at radius 2 is 1.76 bits per heavy atom. The van der Waals surface area contributed by atoms with Gasteiger partial charge in [0, 0.05) is 32.1 Å². The molecule has 0 spiro atoms. The smallest absolute Gasteiger partial charge is 0.243 e. The second kappa shape index (κ2) is 9.76. The molecule has 8 nitrogen and oxygen atoms in total. The number of thioether (sulfide) groups is 1. The molecule has 0 atom stereocenters. The summed E-state index contributed by atoms with van der Waals surface area (Å²) in [5.74, 6) is 1.66. The minimum Gasteiger partial charge on any atom is -0.339 e. The maximum absolute atomic E-state index is 13.2. The molecule has 2 aliphatic carbocycles. The van der Waals surface area contributed by atoms with E-state index in [1.54, 1.807) is 11.0 Å². The van der Waals surface area contributed by atoms with Crippen molar-refractivity contribution in [3.63, 3.8) is 0 Å². The first-order valence-electron chi connectivity index (χ1n) is 12.0. The van der Waals surface area contributed by atoms with Gasteiger partial charge >= 0.3 is 0 Å². The number of aromatic amines is 1. The van der Waals surface area contributed by atoms with Crippen LogP contribution in [-0.2, 0) is 27.7 Å². The van der Waals surface area contributed by atoms with Gasteiger partial charge in [-0.15, -0.1) is 5.10 Å². The molecule has 1 saturated carbocycles. The Morgan fingerprint density at radius 1 is 1.03 bits per heavy atom. The van der Waals surface area contributed by atoms with Crippen molar-refractivity contribution in [3.05, 3.63) is 35.2 Å². The Hall–Kier alpha value is -1.91. The normalized spacial score (nSPS) is 20.2. The zero-order chi connectivity index (χ0) is 22.8. The molecule has 33 heavy (non-hydrogen) atoms. The summed E-state index contributed by atoms with van der Waals surface area (Å²) in [5.41, 5.74) is 2.44. The molecule has 10 heteroatoms. The largest absolute Gasteiger partial charge is 0.339 e. The number of H-pyrrole nitrogens is 1. The molecule has 2 heterocycles. The summed E-state index contributed by atoms with van der Waals surface area (Å²) in [6.45, 7) is 1.46. The van der Waals surface area contributed by atoms with Gasteiger partial charge in [-0.2, -0.15) is 4.31 Å². The Labute approximate surface area is 199 Å². The SMILES string of the molecule is O=C(CSc1n[nH]c(C2CCCC2)n1)N1CCN(S(=O)(=O)c2ccc3c(c2)CCCC3)CC1. The Bertz CT molecular complexity index is 1100. The van der Waals surface area contributed by atoms with E-state index < -0.39 is 10.0 Å². The van der Waals surface area contributed by atoms with Crippen molar-refractivity contribution >= 4 is 27.7 Å². The van der Waals surface area contributed by atoms with Crippen molar-refractivity contribution in [1.82, 2.24) is 24.4 Å². The first kappa shape index (κ1) is 22.9. The van der Waals surface area contributed by atoms with Gasteiger partial charge in [0.05, 0.1) is 10.6 Å². The first-order valence-corrected chi connectivity index (χ1v) is 14.4. The third kappa shape index (κ3) is 4.97. The molecular weight excluding hydrogens is 458 g/mol. The number of aromatic nitrogens is 3. The number of hydrogen-bond acceptors (Lipinski definition) is 6. The number of piperazine rings is 1. The van der Waals surface area contributed by atoms with E-state index in [9.17, 15) is 13.2 Å². The minimum absolute atomic E-state index is 0.00181. The van der Waals surface area contributed by atoms with Crippen molar-refractivity contribution in [1.29, 1.82) is 0 Å².